The Hall–Kier alpha value is -2.72. The van der Waals surface area contributed by atoms with E-state index in [1.807, 2.05) is 30.3 Å². The molecule has 1 heterocycles. The topological polar surface area (TPSA) is 54.4 Å². The summed E-state index contributed by atoms with van der Waals surface area (Å²) in [6.45, 7) is 0. The van der Waals surface area contributed by atoms with Crippen molar-refractivity contribution in [1.29, 1.82) is 0 Å². The van der Waals surface area contributed by atoms with Gasteiger partial charge in [-0.2, -0.15) is 5.10 Å². The molecule has 32 heavy (non-hydrogen) atoms. The van der Waals surface area contributed by atoms with Gasteiger partial charge >= 0.3 is 0 Å². The second-order valence-corrected chi connectivity index (χ2v) is 10.4. The first-order chi connectivity index (χ1) is 15.6. The first-order valence-electron chi connectivity index (χ1n) is 11.6. The Morgan fingerprint density at radius 2 is 1.66 bits per heavy atom. The first-order valence-corrected chi connectivity index (χ1v) is 12.0. The lowest BCUT2D eigenvalue weighted by molar-refractivity contribution is -0.00453. The van der Waals surface area contributed by atoms with Crippen LogP contribution in [-0.2, 0) is 5.41 Å². The molecule has 5 heteroatoms. The Morgan fingerprint density at radius 1 is 1.00 bits per heavy atom. The van der Waals surface area contributed by atoms with Crippen molar-refractivity contribution in [3.8, 4) is 0 Å². The number of nitrogens with one attached hydrogen (secondary N) is 1. The highest BCUT2D eigenvalue weighted by atomic mass is 35.5. The molecule has 0 saturated heterocycles. The van der Waals surface area contributed by atoms with Crippen LogP contribution in [0.2, 0.25) is 5.02 Å². The Morgan fingerprint density at radius 3 is 2.38 bits per heavy atom. The number of fused-ring (bicyclic) bond motifs is 1. The highest BCUT2D eigenvalue weighted by Crippen LogP contribution is 2.61. The summed E-state index contributed by atoms with van der Waals surface area (Å²) in [5, 5.41) is 5.93. The van der Waals surface area contributed by atoms with Crippen LogP contribution in [0.1, 0.15) is 60.1 Å². The third-order valence-electron chi connectivity index (χ3n) is 7.83. The molecule has 4 saturated carbocycles. The quantitative estimate of drug-likeness (QED) is 0.390. The molecule has 0 radical (unpaired) electrons. The van der Waals surface area contributed by atoms with Crippen LogP contribution >= 0.6 is 11.6 Å². The van der Waals surface area contributed by atoms with Crippen LogP contribution < -0.4 is 5.43 Å². The third kappa shape index (κ3) is 3.41. The summed E-state index contributed by atoms with van der Waals surface area (Å²) in [5.74, 6) is 2.23. The van der Waals surface area contributed by atoms with Crippen LogP contribution in [0, 0.1) is 17.8 Å². The average molecular weight is 444 g/mol. The van der Waals surface area contributed by atoms with Gasteiger partial charge in [0, 0.05) is 16.0 Å². The van der Waals surface area contributed by atoms with Crippen LogP contribution in [0.4, 0.5) is 0 Å². The molecule has 1 amide bonds. The number of amides is 1. The number of nitrogens with zero attached hydrogens (tertiary/aromatic N) is 2. The van der Waals surface area contributed by atoms with Crippen LogP contribution in [0.15, 0.2) is 59.7 Å². The van der Waals surface area contributed by atoms with E-state index in [-0.39, 0.29) is 11.3 Å². The van der Waals surface area contributed by atoms with E-state index in [0.29, 0.717) is 10.7 Å². The van der Waals surface area contributed by atoms with Crippen molar-refractivity contribution < 1.29 is 4.79 Å². The first kappa shape index (κ1) is 19.9. The van der Waals surface area contributed by atoms with Crippen LogP contribution in [0.3, 0.4) is 0 Å². The molecule has 0 atom stereocenters. The lowest BCUT2D eigenvalue weighted by Gasteiger charge is -2.57. The van der Waals surface area contributed by atoms with Crippen molar-refractivity contribution in [2.24, 2.45) is 22.9 Å². The molecule has 4 aliphatic carbocycles. The molecule has 1 N–H and O–H groups in total. The number of rotatable bonds is 4. The molecule has 0 spiro atoms. The molecular formula is C27H26ClN3O. The number of carbonyl (C=O) groups excluding carboxylic acids is 1. The molecule has 162 valence electrons. The predicted molar refractivity (Wildman–Crippen MR) is 128 cm³/mol. The minimum atomic E-state index is -0.287. The van der Waals surface area contributed by atoms with E-state index < -0.39 is 0 Å². The molecule has 4 bridgehead atoms. The normalized spacial score (nSPS) is 28.5. The molecular weight excluding hydrogens is 418 g/mol. The van der Waals surface area contributed by atoms with Crippen molar-refractivity contribution in [3.63, 3.8) is 0 Å². The predicted octanol–water partition coefficient (Wildman–Crippen LogP) is 6.12. The van der Waals surface area contributed by atoms with Gasteiger partial charge in [-0.05, 0) is 85.5 Å². The van der Waals surface area contributed by atoms with E-state index in [1.165, 1.54) is 49.5 Å². The van der Waals surface area contributed by atoms with Crippen LogP contribution in [0.25, 0.3) is 10.9 Å². The van der Waals surface area contributed by atoms with Gasteiger partial charge in [0.25, 0.3) is 5.91 Å². The van der Waals surface area contributed by atoms with Gasteiger partial charge in [0.2, 0.25) is 0 Å². The number of hydrogen-bond acceptors (Lipinski definition) is 3. The van der Waals surface area contributed by atoms with Crippen LogP contribution in [-0.4, -0.2) is 17.1 Å². The Bertz CT molecular complexity index is 1200. The fraction of sp³-hybridized carbons (Fsp3) is 0.370. The highest BCUT2D eigenvalue weighted by Gasteiger charge is 2.52. The van der Waals surface area contributed by atoms with E-state index in [0.717, 1.165) is 28.8 Å². The zero-order chi connectivity index (χ0) is 21.7. The second-order valence-electron chi connectivity index (χ2n) is 9.99. The maximum Gasteiger partial charge on any atom is 0.289 e. The van der Waals surface area contributed by atoms with Crippen molar-refractivity contribution in [2.45, 2.75) is 43.9 Å². The molecule has 4 fully saturated rings. The lowest BCUT2D eigenvalue weighted by Crippen LogP contribution is -2.48. The number of hydrazone groups is 1. The lowest BCUT2D eigenvalue weighted by atomic mass is 9.48. The molecule has 7 rings (SSSR count). The van der Waals surface area contributed by atoms with Crippen molar-refractivity contribution in [3.05, 3.63) is 76.4 Å². The molecule has 1 aromatic heterocycles. The Balaban J connectivity index is 1.35. The van der Waals surface area contributed by atoms with Gasteiger partial charge in [0.05, 0.1) is 11.7 Å². The summed E-state index contributed by atoms with van der Waals surface area (Å²) >= 11 is 6.18. The maximum atomic E-state index is 13.0. The van der Waals surface area contributed by atoms with Gasteiger partial charge in [-0.3, -0.25) is 4.79 Å². The summed E-state index contributed by atoms with van der Waals surface area (Å²) < 4.78 is 0. The average Bonchev–Trinajstić information content (AvgIpc) is 2.78. The van der Waals surface area contributed by atoms with Gasteiger partial charge < -0.3 is 0 Å². The summed E-state index contributed by atoms with van der Waals surface area (Å²) in [6, 6.07) is 17.7. The fourth-order valence-electron chi connectivity index (χ4n) is 6.97. The van der Waals surface area contributed by atoms with Crippen molar-refractivity contribution in [2.75, 3.05) is 0 Å². The number of hydrogen-bond donors (Lipinski definition) is 1. The van der Waals surface area contributed by atoms with Gasteiger partial charge in [0.15, 0.2) is 0 Å². The minimum Gasteiger partial charge on any atom is -0.266 e. The van der Waals surface area contributed by atoms with Crippen molar-refractivity contribution in [1.82, 2.24) is 10.4 Å². The van der Waals surface area contributed by atoms with Gasteiger partial charge in [-0.25, -0.2) is 10.4 Å². The number of pyridine rings is 1. The van der Waals surface area contributed by atoms with E-state index in [4.69, 9.17) is 16.6 Å². The summed E-state index contributed by atoms with van der Waals surface area (Å²) in [5.41, 5.74) is 6.24. The summed E-state index contributed by atoms with van der Waals surface area (Å²) in [6.07, 6.45) is 9.50. The second kappa shape index (κ2) is 7.70. The van der Waals surface area contributed by atoms with Gasteiger partial charge in [-0.15, -0.1) is 0 Å². The Labute approximate surface area is 193 Å². The standard InChI is InChI=1S/C27H26ClN3O/c28-23-7-3-1-5-20(23)16-29-31-26(32)25-12-22(21-6-2-4-8-24(21)30-25)27-13-17-9-18(14-27)11-19(10-17)15-27/h1-8,12,16-19H,9-11,13-15H2,(H,31,32)/b29-16+. The summed E-state index contributed by atoms with van der Waals surface area (Å²) in [4.78, 5) is 17.7. The molecule has 3 aromatic rings. The largest absolute Gasteiger partial charge is 0.289 e. The smallest absolute Gasteiger partial charge is 0.266 e. The molecule has 0 unspecified atom stereocenters. The number of aromatic nitrogens is 1. The Kier molecular flexibility index (Phi) is 4.80. The van der Waals surface area contributed by atoms with Gasteiger partial charge in [-0.1, -0.05) is 48.0 Å². The van der Waals surface area contributed by atoms with Crippen LogP contribution in [0.5, 0.6) is 0 Å². The van der Waals surface area contributed by atoms with Gasteiger partial charge in [0.1, 0.15) is 5.69 Å². The number of para-hydroxylation sites is 1. The zero-order valence-corrected chi connectivity index (χ0v) is 18.7. The monoisotopic (exact) mass is 443 g/mol. The number of benzene rings is 2. The number of carbonyl (C=O) groups is 1. The van der Waals surface area contributed by atoms with E-state index in [2.05, 4.69) is 28.7 Å². The fourth-order valence-corrected chi connectivity index (χ4v) is 7.15. The van der Waals surface area contributed by atoms with E-state index in [9.17, 15) is 4.79 Å². The number of halogens is 1. The molecule has 4 nitrogen and oxygen atoms in total. The molecule has 0 aliphatic heterocycles. The molecule has 4 aliphatic rings. The zero-order valence-electron chi connectivity index (χ0n) is 17.9. The third-order valence-corrected chi connectivity index (χ3v) is 8.18. The summed E-state index contributed by atoms with van der Waals surface area (Å²) in [7, 11) is 0. The van der Waals surface area contributed by atoms with Crippen molar-refractivity contribution >= 4 is 34.6 Å². The highest BCUT2D eigenvalue weighted by molar-refractivity contribution is 6.33. The van der Waals surface area contributed by atoms with E-state index >= 15 is 0 Å². The minimum absolute atomic E-state index is 0.188. The SMILES string of the molecule is O=C(N/N=C/c1ccccc1Cl)c1cc(C23CC4CC(CC(C4)C2)C3)c2ccccc2n1. The van der Waals surface area contributed by atoms with E-state index in [1.54, 1.807) is 12.3 Å². The maximum absolute atomic E-state index is 13.0. The molecule has 2 aromatic carbocycles.